The van der Waals surface area contributed by atoms with E-state index in [9.17, 15) is 4.79 Å². The molecule has 0 aliphatic rings. The monoisotopic (exact) mass is 362 g/mol. The summed E-state index contributed by atoms with van der Waals surface area (Å²) in [5.41, 5.74) is 1.41. The Morgan fingerprint density at radius 1 is 1.38 bits per heavy atom. The normalized spacial score (nSPS) is 10.4. The SMILES string of the molecule is Cc1sccc1C(=O)c1ccc(I)c(Cl)c1. The van der Waals surface area contributed by atoms with Gasteiger partial charge in [0.15, 0.2) is 5.78 Å². The molecule has 1 aromatic carbocycles. The van der Waals surface area contributed by atoms with Crippen molar-refractivity contribution in [2.24, 2.45) is 0 Å². The molecule has 82 valence electrons. The summed E-state index contributed by atoms with van der Waals surface area (Å²) in [7, 11) is 0. The molecule has 0 fully saturated rings. The summed E-state index contributed by atoms with van der Waals surface area (Å²) in [6, 6.07) is 7.25. The number of hydrogen-bond acceptors (Lipinski definition) is 2. The topological polar surface area (TPSA) is 17.1 Å². The standard InChI is InChI=1S/C12H8ClIOS/c1-7-9(4-5-16-7)12(15)8-2-3-11(14)10(13)6-8/h2-6H,1H3. The lowest BCUT2D eigenvalue weighted by atomic mass is 10.0. The number of rotatable bonds is 2. The summed E-state index contributed by atoms with van der Waals surface area (Å²) >= 11 is 9.72. The van der Waals surface area contributed by atoms with Crippen LogP contribution in [-0.4, -0.2) is 5.78 Å². The van der Waals surface area contributed by atoms with Gasteiger partial charge in [0.05, 0.1) is 5.02 Å². The van der Waals surface area contributed by atoms with Crippen molar-refractivity contribution in [1.82, 2.24) is 0 Å². The molecular weight excluding hydrogens is 355 g/mol. The summed E-state index contributed by atoms with van der Waals surface area (Å²) in [5, 5.41) is 2.55. The molecule has 0 unspecified atom stereocenters. The molecule has 0 aliphatic heterocycles. The van der Waals surface area contributed by atoms with Crippen LogP contribution in [0.25, 0.3) is 0 Å². The highest BCUT2D eigenvalue weighted by Gasteiger charge is 2.13. The third-order valence-electron chi connectivity index (χ3n) is 2.29. The van der Waals surface area contributed by atoms with Crippen LogP contribution < -0.4 is 0 Å². The molecule has 1 nitrogen and oxygen atoms in total. The van der Waals surface area contributed by atoms with E-state index in [-0.39, 0.29) is 5.78 Å². The quantitative estimate of drug-likeness (QED) is 0.566. The fourth-order valence-electron chi connectivity index (χ4n) is 1.41. The maximum Gasteiger partial charge on any atom is 0.194 e. The van der Waals surface area contributed by atoms with E-state index in [2.05, 4.69) is 22.6 Å². The first-order valence-corrected chi connectivity index (χ1v) is 6.97. The van der Waals surface area contributed by atoms with Gasteiger partial charge in [-0.1, -0.05) is 11.6 Å². The second-order valence-electron chi connectivity index (χ2n) is 3.35. The van der Waals surface area contributed by atoms with Gasteiger partial charge in [-0.3, -0.25) is 4.79 Å². The predicted molar refractivity (Wildman–Crippen MR) is 76.7 cm³/mol. The number of thiophene rings is 1. The second kappa shape index (κ2) is 4.85. The van der Waals surface area contributed by atoms with E-state index in [0.717, 1.165) is 14.0 Å². The molecule has 16 heavy (non-hydrogen) atoms. The Bertz CT molecular complexity index is 548. The number of carbonyl (C=O) groups is 1. The Hall–Kier alpha value is -0.390. The van der Waals surface area contributed by atoms with Crippen molar-refractivity contribution in [3.63, 3.8) is 0 Å². The smallest absolute Gasteiger partial charge is 0.194 e. The largest absolute Gasteiger partial charge is 0.289 e. The van der Waals surface area contributed by atoms with Crippen LogP contribution in [0.2, 0.25) is 5.02 Å². The van der Waals surface area contributed by atoms with Gasteiger partial charge in [0.25, 0.3) is 0 Å². The Labute approximate surface area is 117 Å². The molecule has 1 heterocycles. The Morgan fingerprint density at radius 3 is 2.69 bits per heavy atom. The maximum atomic E-state index is 12.1. The number of halogens is 2. The van der Waals surface area contributed by atoms with E-state index in [1.165, 1.54) is 0 Å². The lowest BCUT2D eigenvalue weighted by Crippen LogP contribution is -2.01. The first-order valence-electron chi connectivity index (χ1n) is 4.63. The molecule has 0 amide bonds. The lowest BCUT2D eigenvalue weighted by molar-refractivity contribution is 0.103. The molecule has 1 aromatic heterocycles. The van der Waals surface area contributed by atoms with Crippen molar-refractivity contribution >= 4 is 51.3 Å². The van der Waals surface area contributed by atoms with Gasteiger partial charge >= 0.3 is 0 Å². The molecule has 0 spiro atoms. The third kappa shape index (κ3) is 2.31. The van der Waals surface area contributed by atoms with Crippen LogP contribution in [0.4, 0.5) is 0 Å². The highest BCUT2D eigenvalue weighted by Crippen LogP contribution is 2.23. The number of benzene rings is 1. The summed E-state index contributed by atoms with van der Waals surface area (Å²) in [6.45, 7) is 1.95. The van der Waals surface area contributed by atoms with E-state index < -0.39 is 0 Å². The molecule has 0 atom stereocenters. The van der Waals surface area contributed by atoms with Crippen LogP contribution in [-0.2, 0) is 0 Å². The van der Waals surface area contributed by atoms with E-state index in [1.807, 2.05) is 30.5 Å². The zero-order valence-corrected chi connectivity index (χ0v) is 12.2. The first-order chi connectivity index (χ1) is 7.59. The molecular formula is C12H8ClIOS. The zero-order valence-electron chi connectivity index (χ0n) is 8.46. The van der Waals surface area contributed by atoms with Crippen molar-refractivity contribution in [1.29, 1.82) is 0 Å². The number of hydrogen-bond donors (Lipinski definition) is 0. The highest BCUT2D eigenvalue weighted by atomic mass is 127. The van der Waals surface area contributed by atoms with Crippen molar-refractivity contribution in [2.75, 3.05) is 0 Å². The van der Waals surface area contributed by atoms with Crippen LogP contribution in [0.15, 0.2) is 29.6 Å². The minimum absolute atomic E-state index is 0.0389. The van der Waals surface area contributed by atoms with Gasteiger partial charge in [-0.25, -0.2) is 0 Å². The molecule has 2 rings (SSSR count). The van der Waals surface area contributed by atoms with E-state index >= 15 is 0 Å². The number of aryl methyl sites for hydroxylation is 1. The van der Waals surface area contributed by atoms with Gasteiger partial charge in [0.2, 0.25) is 0 Å². The van der Waals surface area contributed by atoms with E-state index in [0.29, 0.717) is 10.6 Å². The molecule has 0 saturated carbocycles. The lowest BCUT2D eigenvalue weighted by Gasteiger charge is -2.02. The van der Waals surface area contributed by atoms with E-state index in [1.54, 1.807) is 17.4 Å². The second-order valence-corrected chi connectivity index (χ2v) is 6.04. The average Bonchev–Trinajstić information content (AvgIpc) is 2.67. The molecule has 4 heteroatoms. The molecule has 0 aliphatic carbocycles. The average molecular weight is 363 g/mol. The minimum atomic E-state index is 0.0389. The molecule has 2 aromatic rings. The van der Waals surface area contributed by atoms with Gasteiger partial charge in [0, 0.05) is 19.6 Å². The van der Waals surface area contributed by atoms with Crippen molar-refractivity contribution in [2.45, 2.75) is 6.92 Å². The van der Waals surface area contributed by atoms with Crippen LogP contribution in [0.3, 0.4) is 0 Å². The van der Waals surface area contributed by atoms with Gasteiger partial charge < -0.3 is 0 Å². The van der Waals surface area contributed by atoms with Crippen molar-refractivity contribution < 1.29 is 4.79 Å². The molecule has 0 saturated heterocycles. The van der Waals surface area contributed by atoms with Crippen LogP contribution >= 0.6 is 45.5 Å². The van der Waals surface area contributed by atoms with Gasteiger partial charge in [0.1, 0.15) is 0 Å². The summed E-state index contributed by atoms with van der Waals surface area (Å²) in [4.78, 5) is 13.2. The highest BCUT2D eigenvalue weighted by molar-refractivity contribution is 14.1. The van der Waals surface area contributed by atoms with Gasteiger partial charge in [-0.15, -0.1) is 11.3 Å². The molecule has 0 N–H and O–H groups in total. The van der Waals surface area contributed by atoms with Crippen LogP contribution in [0.1, 0.15) is 20.8 Å². The molecule has 0 radical (unpaired) electrons. The Kier molecular flexibility index (Phi) is 3.66. The van der Waals surface area contributed by atoms with Crippen molar-refractivity contribution in [3.8, 4) is 0 Å². The third-order valence-corrected chi connectivity index (χ3v) is 4.70. The predicted octanol–water partition coefficient (Wildman–Crippen LogP) is 4.55. The van der Waals surface area contributed by atoms with Gasteiger partial charge in [-0.2, -0.15) is 0 Å². The van der Waals surface area contributed by atoms with Crippen LogP contribution in [0, 0.1) is 10.5 Å². The summed E-state index contributed by atoms with van der Waals surface area (Å²) < 4.78 is 0.956. The van der Waals surface area contributed by atoms with Crippen LogP contribution in [0.5, 0.6) is 0 Å². The first kappa shape index (κ1) is 12.1. The van der Waals surface area contributed by atoms with Crippen molar-refractivity contribution in [3.05, 3.63) is 54.2 Å². The minimum Gasteiger partial charge on any atom is -0.289 e. The zero-order chi connectivity index (χ0) is 11.7. The Morgan fingerprint density at radius 2 is 2.12 bits per heavy atom. The fourth-order valence-corrected chi connectivity index (χ4v) is 2.63. The number of ketones is 1. The summed E-state index contributed by atoms with van der Waals surface area (Å²) in [5.74, 6) is 0.0389. The molecule has 0 bridgehead atoms. The van der Waals surface area contributed by atoms with E-state index in [4.69, 9.17) is 11.6 Å². The van der Waals surface area contributed by atoms with Gasteiger partial charge in [-0.05, 0) is 59.2 Å². The summed E-state index contributed by atoms with van der Waals surface area (Å²) in [6.07, 6.45) is 0. The maximum absolute atomic E-state index is 12.1. The fraction of sp³-hybridized carbons (Fsp3) is 0.0833. The number of carbonyl (C=O) groups excluding carboxylic acids is 1. The Balaban J connectivity index is 2.42.